The Morgan fingerprint density at radius 1 is 1.13 bits per heavy atom. The molecule has 1 aliphatic carbocycles. The Hall–Kier alpha value is -1.91. The minimum Gasteiger partial charge on any atom is -0.493 e. The van der Waals surface area contributed by atoms with Gasteiger partial charge in [0.25, 0.3) is 0 Å². The first-order chi connectivity index (χ1) is 11.1. The summed E-state index contributed by atoms with van der Waals surface area (Å²) in [6.07, 6.45) is 3.86. The molecule has 0 unspecified atom stereocenters. The Kier molecular flexibility index (Phi) is 5.74. The minimum absolute atomic E-state index is 0.0287. The van der Waals surface area contributed by atoms with E-state index in [0.717, 1.165) is 44.3 Å². The maximum Gasteiger partial charge on any atom is 0.318 e. The van der Waals surface area contributed by atoms with Crippen LogP contribution in [0.4, 0.5) is 4.79 Å². The molecular formula is C18H28N2O3. The van der Waals surface area contributed by atoms with Gasteiger partial charge in [-0.15, -0.1) is 0 Å². The maximum atomic E-state index is 12.6. The standard InChI is InChI=1S/C18H28N2O3/c1-5-11-20(12-6-2)17(21)19-18(9-10-18)14-7-8-15(22-3)16(13-14)23-4/h7-8,13H,5-6,9-12H2,1-4H3,(H,19,21). The van der Waals surface area contributed by atoms with Gasteiger partial charge >= 0.3 is 6.03 Å². The Bertz CT molecular complexity index is 535. The van der Waals surface area contributed by atoms with Crippen molar-refractivity contribution in [2.45, 2.75) is 45.1 Å². The van der Waals surface area contributed by atoms with Gasteiger partial charge in [0, 0.05) is 13.1 Å². The largest absolute Gasteiger partial charge is 0.493 e. The first-order valence-corrected chi connectivity index (χ1v) is 8.39. The van der Waals surface area contributed by atoms with Gasteiger partial charge in [-0.2, -0.15) is 0 Å². The number of rotatable bonds is 8. The van der Waals surface area contributed by atoms with Gasteiger partial charge in [-0.05, 0) is 43.4 Å². The van der Waals surface area contributed by atoms with Crippen LogP contribution in [0.2, 0.25) is 0 Å². The summed E-state index contributed by atoms with van der Waals surface area (Å²) in [6.45, 7) is 5.78. The first-order valence-electron chi connectivity index (χ1n) is 8.39. The van der Waals surface area contributed by atoms with Crippen LogP contribution in [-0.2, 0) is 5.54 Å². The van der Waals surface area contributed by atoms with Crippen molar-refractivity contribution in [3.8, 4) is 11.5 Å². The molecule has 23 heavy (non-hydrogen) atoms. The Morgan fingerprint density at radius 2 is 1.74 bits per heavy atom. The molecule has 0 saturated heterocycles. The zero-order valence-corrected chi connectivity index (χ0v) is 14.6. The lowest BCUT2D eigenvalue weighted by molar-refractivity contribution is 0.192. The molecule has 1 saturated carbocycles. The molecule has 0 heterocycles. The van der Waals surface area contributed by atoms with Crippen LogP contribution in [-0.4, -0.2) is 38.2 Å². The normalized spacial score (nSPS) is 15.0. The molecule has 0 radical (unpaired) electrons. The van der Waals surface area contributed by atoms with Gasteiger partial charge in [-0.3, -0.25) is 0 Å². The van der Waals surface area contributed by atoms with E-state index in [0.29, 0.717) is 11.5 Å². The van der Waals surface area contributed by atoms with Gasteiger partial charge in [0.1, 0.15) is 0 Å². The molecule has 1 fully saturated rings. The Morgan fingerprint density at radius 3 is 2.22 bits per heavy atom. The average molecular weight is 320 g/mol. The van der Waals surface area contributed by atoms with Gasteiger partial charge < -0.3 is 19.7 Å². The summed E-state index contributed by atoms with van der Waals surface area (Å²) in [5.41, 5.74) is 0.826. The predicted octanol–water partition coefficient (Wildman–Crippen LogP) is 3.52. The average Bonchev–Trinajstić information content (AvgIpc) is 3.34. The van der Waals surface area contributed by atoms with E-state index in [-0.39, 0.29) is 11.6 Å². The molecular weight excluding hydrogens is 292 g/mol. The van der Waals surface area contributed by atoms with Crippen molar-refractivity contribution >= 4 is 6.03 Å². The number of amides is 2. The predicted molar refractivity (Wildman–Crippen MR) is 91.1 cm³/mol. The zero-order valence-electron chi connectivity index (χ0n) is 14.6. The summed E-state index contributed by atoms with van der Waals surface area (Å²) in [6, 6.07) is 5.91. The number of carbonyl (C=O) groups is 1. The van der Waals surface area contributed by atoms with Gasteiger partial charge in [-0.25, -0.2) is 4.79 Å². The number of nitrogens with one attached hydrogen (secondary N) is 1. The molecule has 0 bridgehead atoms. The number of benzene rings is 1. The number of nitrogens with zero attached hydrogens (tertiary/aromatic N) is 1. The van der Waals surface area contributed by atoms with E-state index in [1.807, 2.05) is 23.1 Å². The van der Waals surface area contributed by atoms with E-state index in [1.165, 1.54) is 0 Å². The van der Waals surface area contributed by atoms with E-state index in [4.69, 9.17) is 9.47 Å². The highest BCUT2D eigenvalue weighted by molar-refractivity contribution is 5.76. The summed E-state index contributed by atoms with van der Waals surface area (Å²) in [7, 11) is 3.25. The first kappa shape index (κ1) is 17.4. The molecule has 1 N–H and O–H groups in total. The molecule has 1 aliphatic rings. The molecule has 0 spiro atoms. The van der Waals surface area contributed by atoms with E-state index in [9.17, 15) is 4.79 Å². The Labute approximate surface area is 139 Å². The van der Waals surface area contributed by atoms with Crippen LogP contribution in [0, 0.1) is 0 Å². The van der Waals surface area contributed by atoms with E-state index in [1.54, 1.807) is 14.2 Å². The van der Waals surface area contributed by atoms with Crippen LogP contribution < -0.4 is 14.8 Å². The SMILES string of the molecule is CCCN(CCC)C(=O)NC1(c2ccc(OC)c(OC)c2)CC1. The number of hydrogen-bond acceptors (Lipinski definition) is 3. The van der Waals surface area contributed by atoms with Crippen LogP contribution in [0.15, 0.2) is 18.2 Å². The molecule has 0 atom stereocenters. The molecule has 5 nitrogen and oxygen atoms in total. The lowest BCUT2D eigenvalue weighted by Gasteiger charge is -2.26. The highest BCUT2D eigenvalue weighted by Gasteiger charge is 2.46. The summed E-state index contributed by atoms with van der Waals surface area (Å²) in [4.78, 5) is 14.5. The summed E-state index contributed by atoms with van der Waals surface area (Å²) in [5, 5.41) is 3.23. The molecule has 2 rings (SSSR count). The quantitative estimate of drug-likeness (QED) is 0.797. The molecule has 1 aromatic rings. The van der Waals surface area contributed by atoms with Crippen molar-refractivity contribution in [1.82, 2.24) is 10.2 Å². The van der Waals surface area contributed by atoms with Crippen molar-refractivity contribution in [2.24, 2.45) is 0 Å². The summed E-state index contributed by atoms with van der Waals surface area (Å²) in [5.74, 6) is 1.40. The Balaban J connectivity index is 2.14. The number of hydrogen-bond donors (Lipinski definition) is 1. The van der Waals surface area contributed by atoms with E-state index >= 15 is 0 Å². The van der Waals surface area contributed by atoms with Crippen LogP contribution >= 0.6 is 0 Å². The fourth-order valence-electron chi connectivity index (χ4n) is 2.88. The highest BCUT2D eigenvalue weighted by atomic mass is 16.5. The summed E-state index contributed by atoms with van der Waals surface area (Å²) < 4.78 is 10.7. The highest BCUT2D eigenvalue weighted by Crippen LogP contribution is 2.47. The van der Waals surface area contributed by atoms with Crippen molar-refractivity contribution in [3.63, 3.8) is 0 Å². The molecule has 1 aromatic carbocycles. The molecule has 128 valence electrons. The third-order valence-corrected chi connectivity index (χ3v) is 4.31. The van der Waals surface area contributed by atoms with E-state index < -0.39 is 0 Å². The van der Waals surface area contributed by atoms with Crippen molar-refractivity contribution < 1.29 is 14.3 Å². The van der Waals surface area contributed by atoms with Crippen LogP contribution in [0.1, 0.15) is 45.1 Å². The number of urea groups is 1. The second-order valence-electron chi connectivity index (χ2n) is 6.07. The van der Waals surface area contributed by atoms with Crippen molar-refractivity contribution in [3.05, 3.63) is 23.8 Å². The third kappa shape index (κ3) is 3.89. The topological polar surface area (TPSA) is 50.8 Å². The minimum atomic E-state index is -0.254. The molecule has 0 aromatic heterocycles. The second-order valence-corrected chi connectivity index (χ2v) is 6.07. The van der Waals surface area contributed by atoms with Gasteiger partial charge in [-0.1, -0.05) is 19.9 Å². The van der Waals surface area contributed by atoms with Gasteiger partial charge in [0.15, 0.2) is 11.5 Å². The zero-order chi connectivity index (χ0) is 16.9. The smallest absolute Gasteiger partial charge is 0.318 e. The monoisotopic (exact) mass is 320 g/mol. The number of ether oxygens (including phenoxy) is 2. The van der Waals surface area contributed by atoms with Crippen molar-refractivity contribution in [1.29, 1.82) is 0 Å². The van der Waals surface area contributed by atoms with Crippen LogP contribution in [0.25, 0.3) is 0 Å². The van der Waals surface area contributed by atoms with E-state index in [2.05, 4.69) is 19.2 Å². The van der Waals surface area contributed by atoms with Crippen molar-refractivity contribution in [2.75, 3.05) is 27.3 Å². The fourth-order valence-corrected chi connectivity index (χ4v) is 2.88. The van der Waals surface area contributed by atoms with Gasteiger partial charge in [0.05, 0.1) is 19.8 Å². The van der Waals surface area contributed by atoms with Crippen LogP contribution in [0.3, 0.4) is 0 Å². The number of methoxy groups -OCH3 is 2. The lowest BCUT2D eigenvalue weighted by Crippen LogP contribution is -2.45. The fraction of sp³-hybridized carbons (Fsp3) is 0.611. The molecule has 0 aliphatic heterocycles. The molecule has 5 heteroatoms. The van der Waals surface area contributed by atoms with Crippen LogP contribution in [0.5, 0.6) is 11.5 Å². The lowest BCUT2D eigenvalue weighted by atomic mass is 10.0. The number of carbonyl (C=O) groups excluding carboxylic acids is 1. The maximum absolute atomic E-state index is 12.6. The second kappa shape index (κ2) is 7.57. The molecule has 2 amide bonds. The third-order valence-electron chi connectivity index (χ3n) is 4.31. The summed E-state index contributed by atoms with van der Waals surface area (Å²) >= 11 is 0. The van der Waals surface area contributed by atoms with Gasteiger partial charge in [0.2, 0.25) is 0 Å².